The number of esters is 1. The van der Waals surface area contributed by atoms with Crippen molar-refractivity contribution >= 4 is 27.6 Å². The molecule has 2 amide bonds. The van der Waals surface area contributed by atoms with E-state index in [1.807, 2.05) is 4.90 Å². The summed E-state index contributed by atoms with van der Waals surface area (Å²) in [6, 6.07) is 0.130. The molecule has 4 saturated carbocycles. The van der Waals surface area contributed by atoms with E-state index in [2.05, 4.69) is 5.32 Å². The number of ether oxygens (including phenoxy) is 1. The molecule has 222 valence electrons. The van der Waals surface area contributed by atoms with Crippen LogP contribution in [0.15, 0.2) is 0 Å². The first-order chi connectivity index (χ1) is 18.5. The number of sulfone groups is 1. The van der Waals surface area contributed by atoms with Gasteiger partial charge >= 0.3 is 5.97 Å². The number of hydrogen-bond acceptors (Lipinski definition) is 6. The Morgan fingerprint density at radius 3 is 1.97 bits per heavy atom. The minimum atomic E-state index is -2.99. The highest BCUT2D eigenvalue weighted by molar-refractivity contribution is 7.92. The molecule has 9 heteroatoms. The van der Waals surface area contributed by atoms with E-state index in [-0.39, 0.29) is 47.0 Å². The average Bonchev–Trinajstić information content (AvgIpc) is 3.72. The van der Waals surface area contributed by atoms with Crippen LogP contribution in [0.2, 0.25) is 0 Å². The summed E-state index contributed by atoms with van der Waals surface area (Å²) in [4.78, 5) is 41.1. The molecule has 0 spiro atoms. The number of hydrogen-bond donors (Lipinski definition) is 1. The van der Waals surface area contributed by atoms with Crippen LogP contribution in [-0.4, -0.2) is 66.8 Å². The minimum Gasteiger partial charge on any atom is -0.467 e. The number of rotatable bonds is 10. The molecule has 0 aromatic carbocycles. The summed E-state index contributed by atoms with van der Waals surface area (Å²) in [6.45, 7) is 3.60. The monoisotopic (exact) mass is 566 g/mol. The molecule has 4 aliphatic rings. The van der Waals surface area contributed by atoms with Gasteiger partial charge in [0.05, 0.1) is 18.1 Å². The summed E-state index contributed by atoms with van der Waals surface area (Å²) in [5.74, 6) is 0.569. The highest BCUT2D eigenvalue weighted by Crippen LogP contribution is 2.37. The van der Waals surface area contributed by atoms with Gasteiger partial charge in [-0.05, 0) is 103 Å². The van der Waals surface area contributed by atoms with Crippen molar-refractivity contribution in [3.63, 3.8) is 0 Å². The Hall–Kier alpha value is -1.64. The maximum atomic E-state index is 13.8. The van der Waals surface area contributed by atoms with E-state index in [9.17, 15) is 22.8 Å². The van der Waals surface area contributed by atoms with Crippen LogP contribution in [-0.2, 0) is 29.0 Å². The van der Waals surface area contributed by atoms with Crippen molar-refractivity contribution in [1.82, 2.24) is 10.2 Å². The molecule has 0 radical (unpaired) electrons. The van der Waals surface area contributed by atoms with Crippen LogP contribution in [0.4, 0.5) is 0 Å². The van der Waals surface area contributed by atoms with Gasteiger partial charge in [-0.3, -0.25) is 9.59 Å². The lowest BCUT2D eigenvalue weighted by Crippen LogP contribution is -2.60. The second-order valence-electron chi connectivity index (χ2n) is 13.3. The van der Waals surface area contributed by atoms with Gasteiger partial charge in [0, 0.05) is 24.4 Å². The summed E-state index contributed by atoms with van der Waals surface area (Å²) in [6.07, 6.45) is 13.6. The Bertz CT molecular complexity index is 969. The fourth-order valence-electron chi connectivity index (χ4n) is 7.27. The predicted octanol–water partition coefficient (Wildman–Crippen LogP) is 4.55. The van der Waals surface area contributed by atoms with Gasteiger partial charge in [0.2, 0.25) is 11.8 Å². The molecule has 8 nitrogen and oxygen atoms in total. The Balaban J connectivity index is 1.23. The van der Waals surface area contributed by atoms with E-state index >= 15 is 0 Å². The van der Waals surface area contributed by atoms with Gasteiger partial charge in [-0.25, -0.2) is 13.2 Å². The van der Waals surface area contributed by atoms with E-state index < -0.39 is 15.4 Å². The van der Waals surface area contributed by atoms with E-state index in [0.717, 1.165) is 64.2 Å². The first-order valence-electron chi connectivity index (χ1n) is 15.4. The Labute approximate surface area is 235 Å². The van der Waals surface area contributed by atoms with Crippen LogP contribution < -0.4 is 5.32 Å². The molecule has 1 N–H and O–H groups in total. The summed E-state index contributed by atoms with van der Waals surface area (Å²) in [7, 11) is -1.61. The average molecular weight is 567 g/mol. The highest BCUT2D eigenvalue weighted by atomic mass is 32.2. The first kappa shape index (κ1) is 30.3. The lowest BCUT2D eigenvalue weighted by atomic mass is 9.82. The zero-order chi connectivity index (χ0) is 28.2. The molecule has 0 atom stereocenters. The van der Waals surface area contributed by atoms with Crippen molar-refractivity contribution in [3.05, 3.63) is 0 Å². The maximum absolute atomic E-state index is 13.8. The third kappa shape index (κ3) is 7.76. The molecule has 0 aliphatic heterocycles. The number of methoxy groups -OCH3 is 1. The van der Waals surface area contributed by atoms with Gasteiger partial charge in [0.1, 0.15) is 5.54 Å². The molecule has 0 saturated heterocycles. The van der Waals surface area contributed by atoms with Gasteiger partial charge in [0.25, 0.3) is 0 Å². The third-order valence-electron chi connectivity index (χ3n) is 9.85. The van der Waals surface area contributed by atoms with Gasteiger partial charge in [-0.1, -0.05) is 19.3 Å². The Kier molecular flexibility index (Phi) is 10.0. The third-order valence-corrected chi connectivity index (χ3v) is 12.3. The van der Waals surface area contributed by atoms with Crippen LogP contribution in [0, 0.1) is 17.8 Å². The molecule has 0 bridgehead atoms. The van der Waals surface area contributed by atoms with Gasteiger partial charge in [-0.2, -0.15) is 0 Å². The number of carbonyl (C=O) groups is 3. The fourth-order valence-corrected chi connectivity index (χ4v) is 9.53. The molecule has 0 aromatic heterocycles. The summed E-state index contributed by atoms with van der Waals surface area (Å²) >= 11 is 0. The first-order valence-corrected chi connectivity index (χ1v) is 17.1. The molecule has 4 rings (SSSR count). The molecule has 4 fully saturated rings. The number of nitrogens with zero attached hydrogens (tertiary/aromatic N) is 1. The van der Waals surface area contributed by atoms with Crippen molar-refractivity contribution in [2.75, 3.05) is 12.9 Å². The second-order valence-corrected chi connectivity index (χ2v) is 15.6. The van der Waals surface area contributed by atoms with Crippen molar-refractivity contribution in [3.8, 4) is 0 Å². The van der Waals surface area contributed by atoms with Crippen molar-refractivity contribution < 1.29 is 27.5 Å². The van der Waals surface area contributed by atoms with Gasteiger partial charge < -0.3 is 15.0 Å². The molecule has 0 heterocycles. The van der Waals surface area contributed by atoms with Crippen LogP contribution in [0.25, 0.3) is 0 Å². The standard InChI is InChI=1S/C30H50N2O6S/c1-30(2,29(35)38-3)32(25-7-5-4-6-8-25)28(34)23-13-15-24(16-14-23)31-27(33)19-21-11-17-26(18-12-21)39(36,37)20-22-9-10-22/h21-26H,4-20H2,1-3H3,(H,31,33). The van der Waals surface area contributed by atoms with Gasteiger partial charge in [-0.15, -0.1) is 0 Å². The quantitative estimate of drug-likeness (QED) is 0.389. The number of amides is 2. The summed E-state index contributed by atoms with van der Waals surface area (Å²) in [5.41, 5.74) is -1.00. The van der Waals surface area contributed by atoms with Crippen LogP contribution >= 0.6 is 0 Å². The van der Waals surface area contributed by atoms with E-state index in [1.165, 1.54) is 13.5 Å². The largest absolute Gasteiger partial charge is 0.467 e. The molecule has 39 heavy (non-hydrogen) atoms. The van der Waals surface area contributed by atoms with Crippen LogP contribution in [0.3, 0.4) is 0 Å². The summed E-state index contributed by atoms with van der Waals surface area (Å²) < 4.78 is 30.3. The minimum absolute atomic E-state index is 0.0460. The molecule has 0 unspecified atom stereocenters. The van der Waals surface area contributed by atoms with E-state index in [4.69, 9.17) is 4.74 Å². The van der Waals surface area contributed by atoms with Crippen molar-refractivity contribution in [2.45, 2.75) is 139 Å². The SMILES string of the molecule is COC(=O)C(C)(C)N(C(=O)C1CCC(NC(=O)CC2CCC(S(=O)(=O)CC3CC3)CC2)CC1)C1CCCCC1. The number of carbonyl (C=O) groups excluding carboxylic acids is 3. The normalized spacial score (nSPS) is 28.9. The van der Waals surface area contributed by atoms with Crippen molar-refractivity contribution in [1.29, 1.82) is 0 Å². The Morgan fingerprint density at radius 1 is 0.821 bits per heavy atom. The molecule has 4 aliphatic carbocycles. The van der Waals surface area contributed by atoms with Crippen LogP contribution in [0.1, 0.15) is 117 Å². The van der Waals surface area contributed by atoms with Gasteiger partial charge in [0.15, 0.2) is 9.84 Å². The van der Waals surface area contributed by atoms with Crippen LogP contribution in [0.5, 0.6) is 0 Å². The van der Waals surface area contributed by atoms with E-state index in [1.54, 1.807) is 13.8 Å². The molecular weight excluding hydrogens is 516 g/mol. The number of nitrogens with one attached hydrogen (secondary N) is 1. The lowest BCUT2D eigenvalue weighted by molar-refractivity contribution is -0.165. The summed E-state index contributed by atoms with van der Waals surface area (Å²) in [5, 5.41) is 2.98. The van der Waals surface area contributed by atoms with Crippen molar-refractivity contribution in [2.24, 2.45) is 17.8 Å². The fraction of sp³-hybridized carbons (Fsp3) is 0.900. The Morgan fingerprint density at radius 2 is 1.41 bits per heavy atom. The molecular formula is C30H50N2O6S. The second kappa shape index (κ2) is 12.9. The predicted molar refractivity (Wildman–Crippen MR) is 151 cm³/mol. The highest BCUT2D eigenvalue weighted by Gasteiger charge is 2.45. The smallest absolute Gasteiger partial charge is 0.331 e. The maximum Gasteiger partial charge on any atom is 0.331 e. The zero-order valence-corrected chi connectivity index (χ0v) is 25.1. The topological polar surface area (TPSA) is 110 Å². The lowest BCUT2D eigenvalue weighted by Gasteiger charge is -2.45. The zero-order valence-electron chi connectivity index (χ0n) is 24.3. The van der Waals surface area contributed by atoms with E-state index in [0.29, 0.717) is 43.8 Å². The molecule has 0 aromatic rings.